The molecule has 1 aliphatic rings. The number of thioether (sulfide) groups is 1. The second-order valence-corrected chi connectivity index (χ2v) is 6.64. The van der Waals surface area contributed by atoms with E-state index in [2.05, 4.69) is 26.0 Å². The van der Waals surface area contributed by atoms with Crippen LogP contribution >= 0.6 is 11.8 Å². The maximum Gasteiger partial charge on any atom is 0.326 e. The number of carboxylic acid groups (broad SMARTS) is 1. The minimum Gasteiger partial charge on any atom is -0.480 e. The van der Waals surface area contributed by atoms with E-state index in [1.54, 1.807) is 0 Å². The van der Waals surface area contributed by atoms with Crippen LogP contribution in [0.1, 0.15) is 38.2 Å². The minimum atomic E-state index is -0.896. The number of hydrogen-bond donors (Lipinski definition) is 1. The van der Waals surface area contributed by atoms with Crippen LogP contribution in [0.25, 0.3) is 0 Å². The van der Waals surface area contributed by atoms with Gasteiger partial charge in [0.15, 0.2) is 0 Å². The van der Waals surface area contributed by atoms with E-state index in [1.165, 1.54) is 22.2 Å². The molecule has 0 bridgehead atoms. The van der Waals surface area contributed by atoms with Crippen molar-refractivity contribution in [3.8, 4) is 0 Å². The molecule has 1 atom stereocenters. The zero-order valence-electron chi connectivity index (χ0n) is 12.4. The highest BCUT2D eigenvalue weighted by Crippen LogP contribution is 2.24. The van der Waals surface area contributed by atoms with E-state index in [0.29, 0.717) is 24.6 Å². The quantitative estimate of drug-likeness (QED) is 0.850. The SMILES string of the molecule is CC(C)c1ccc(SCC(=O)N2CCC[C@H]2C(=O)O)cc1. The molecule has 114 valence electrons. The Hall–Kier alpha value is -1.49. The topological polar surface area (TPSA) is 57.6 Å². The summed E-state index contributed by atoms with van der Waals surface area (Å²) in [6, 6.07) is 7.56. The lowest BCUT2D eigenvalue weighted by atomic mass is 10.0. The fourth-order valence-electron chi connectivity index (χ4n) is 2.50. The second-order valence-electron chi connectivity index (χ2n) is 5.60. The third kappa shape index (κ3) is 4.00. The van der Waals surface area contributed by atoms with Gasteiger partial charge >= 0.3 is 5.97 Å². The number of benzene rings is 1. The first-order valence-electron chi connectivity index (χ1n) is 7.24. The summed E-state index contributed by atoms with van der Waals surface area (Å²) >= 11 is 1.47. The minimum absolute atomic E-state index is 0.0853. The summed E-state index contributed by atoms with van der Waals surface area (Å²) < 4.78 is 0. The Morgan fingerprint density at radius 2 is 2.00 bits per heavy atom. The van der Waals surface area contributed by atoms with Crippen molar-refractivity contribution in [2.75, 3.05) is 12.3 Å². The highest BCUT2D eigenvalue weighted by molar-refractivity contribution is 8.00. The molecule has 0 aromatic heterocycles. The summed E-state index contributed by atoms with van der Waals surface area (Å²) in [5.74, 6) is -0.193. The van der Waals surface area contributed by atoms with Gasteiger partial charge in [0, 0.05) is 11.4 Å². The van der Waals surface area contributed by atoms with Crippen LogP contribution in [0.4, 0.5) is 0 Å². The van der Waals surface area contributed by atoms with Gasteiger partial charge < -0.3 is 10.0 Å². The van der Waals surface area contributed by atoms with Gasteiger partial charge in [0.1, 0.15) is 6.04 Å². The first-order valence-corrected chi connectivity index (χ1v) is 8.22. The average molecular weight is 307 g/mol. The third-order valence-corrected chi connectivity index (χ3v) is 4.76. The molecule has 1 fully saturated rings. The van der Waals surface area contributed by atoms with Crippen LogP contribution in [0, 0.1) is 0 Å². The molecule has 0 saturated carbocycles. The van der Waals surface area contributed by atoms with Crippen molar-refractivity contribution < 1.29 is 14.7 Å². The molecule has 0 radical (unpaired) electrons. The van der Waals surface area contributed by atoms with Crippen molar-refractivity contribution in [3.63, 3.8) is 0 Å². The van der Waals surface area contributed by atoms with E-state index in [9.17, 15) is 9.59 Å². The van der Waals surface area contributed by atoms with E-state index in [-0.39, 0.29) is 5.91 Å². The molecule has 0 aliphatic carbocycles. The molecule has 1 amide bonds. The fraction of sp³-hybridized carbons (Fsp3) is 0.500. The molecule has 1 aromatic carbocycles. The number of carboxylic acids is 1. The second kappa shape index (κ2) is 6.98. The first kappa shape index (κ1) is 15.9. The van der Waals surface area contributed by atoms with Crippen LogP contribution in [-0.4, -0.2) is 40.2 Å². The first-order chi connectivity index (χ1) is 9.99. The van der Waals surface area contributed by atoms with E-state index < -0.39 is 12.0 Å². The summed E-state index contributed by atoms with van der Waals surface area (Å²) in [6.07, 6.45) is 1.34. The fourth-order valence-corrected chi connectivity index (χ4v) is 3.28. The molecule has 2 rings (SSSR count). The van der Waals surface area contributed by atoms with Crippen molar-refractivity contribution in [2.24, 2.45) is 0 Å². The Bertz CT molecular complexity index is 513. The van der Waals surface area contributed by atoms with Crippen LogP contribution in [0.15, 0.2) is 29.2 Å². The molecule has 1 saturated heterocycles. The molecular formula is C16H21NO3S. The Kier molecular flexibility index (Phi) is 5.28. The van der Waals surface area contributed by atoms with Crippen LogP contribution in [0.2, 0.25) is 0 Å². The predicted octanol–water partition coefficient (Wildman–Crippen LogP) is 2.98. The molecule has 1 N–H and O–H groups in total. The molecule has 1 aromatic rings. The van der Waals surface area contributed by atoms with Gasteiger partial charge in [-0.1, -0.05) is 26.0 Å². The summed E-state index contributed by atoms with van der Waals surface area (Å²) in [5.41, 5.74) is 1.27. The number of carbonyl (C=O) groups is 2. The lowest BCUT2D eigenvalue weighted by Gasteiger charge is -2.21. The van der Waals surface area contributed by atoms with Gasteiger partial charge in [0.05, 0.1) is 5.75 Å². The van der Waals surface area contributed by atoms with Crippen molar-refractivity contribution in [1.82, 2.24) is 4.90 Å². The highest BCUT2D eigenvalue weighted by atomic mass is 32.2. The number of aliphatic carboxylic acids is 1. The van der Waals surface area contributed by atoms with Crippen LogP contribution in [0.3, 0.4) is 0 Å². The lowest BCUT2D eigenvalue weighted by Crippen LogP contribution is -2.41. The van der Waals surface area contributed by atoms with Gasteiger partial charge in [-0.25, -0.2) is 4.79 Å². The Morgan fingerprint density at radius 1 is 1.33 bits per heavy atom. The number of rotatable bonds is 5. The smallest absolute Gasteiger partial charge is 0.326 e. The maximum absolute atomic E-state index is 12.2. The third-order valence-electron chi connectivity index (χ3n) is 3.77. The van der Waals surface area contributed by atoms with Gasteiger partial charge in [-0.05, 0) is 36.5 Å². The van der Waals surface area contributed by atoms with Gasteiger partial charge in [-0.2, -0.15) is 0 Å². The zero-order valence-corrected chi connectivity index (χ0v) is 13.2. The lowest BCUT2D eigenvalue weighted by molar-refractivity contribution is -0.147. The van der Waals surface area contributed by atoms with Gasteiger partial charge in [-0.3, -0.25) is 4.79 Å². The predicted molar refractivity (Wildman–Crippen MR) is 83.6 cm³/mol. The number of likely N-dealkylation sites (tertiary alicyclic amines) is 1. The summed E-state index contributed by atoms with van der Waals surface area (Å²) in [6.45, 7) is 4.85. The number of nitrogens with zero attached hydrogens (tertiary/aromatic N) is 1. The van der Waals surface area contributed by atoms with E-state index in [0.717, 1.165) is 11.3 Å². The van der Waals surface area contributed by atoms with E-state index in [4.69, 9.17) is 5.11 Å². The summed E-state index contributed by atoms with van der Waals surface area (Å²) in [5, 5.41) is 9.10. The van der Waals surface area contributed by atoms with Crippen molar-refractivity contribution in [1.29, 1.82) is 0 Å². The number of carbonyl (C=O) groups excluding carboxylic acids is 1. The molecular weight excluding hydrogens is 286 g/mol. The highest BCUT2D eigenvalue weighted by Gasteiger charge is 2.33. The summed E-state index contributed by atoms with van der Waals surface area (Å²) in [7, 11) is 0. The van der Waals surface area contributed by atoms with E-state index in [1.807, 2.05) is 12.1 Å². The maximum atomic E-state index is 12.2. The Morgan fingerprint density at radius 3 is 2.57 bits per heavy atom. The van der Waals surface area contributed by atoms with Gasteiger partial charge in [0.25, 0.3) is 0 Å². The number of hydrogen-bond acceptors (Lipinski definition) is 3. The molecule has 0 unspecified atom stereocenters. The number of amides is 1. The average Bonchev–Trinajstić information content (AvgIpc) is 2.95. The Labute approximate surface area is 129 Å². The van der Waals surface area contributed by atoms with Crippen molar-refractivity contribution in [2.45, 2.75) is 43.5 Å². The standard InChI is InChI=1S/C16H21NO3S/c1-11(2)12-5-7-13(8-6-12)21-10-15(18)17-9-3-4-14(17)16(19)20/h5-8,11,14H,3-4,9-10H2,1-2H3,(H,19,20)/t14-/m0/s1. The van der Waals surface area contributed by atoms with Gasteiger partial charge in [-0.15, -0.1) is 11.8 Å². The van der Waals surface area contributed by atoms with Crippen molar-refractivity contribution >= 4 is 23.6 Å². The Balaban J connectivity index is 1.90. The normalized spacial score (nSPS) is 18.2. The molecule has 0 spiro atoms. The van der Waals surface area contributed by atoms with Crippen LogP contribution in [-0.2, 0) is 9.59 Å². The molecule has 21 heavy (non-hydrogen) atoms. The van der Waals surface area contributed by atoms with Gasteiger partial charge in [0.2, 0.25) is 5.91 Å². The molecule has 1 aliphatic heterocycles. The largest absolute Gasteiger partial charge is 0.480 e. The van der Waals surface area contributed by atoms with E-state index >= 15 is 0 Å². The molecule has 4 nitrogen and oxygen atoms in total. The summed E-state index contributed by atoms with van der Waals surface area (Å²) in [4.78, 5) is 25.8. The van der Waals surface area contributed by atoms with Crippen molar-refractivity contribution in [3.05, 3.63) is 29.8 Å². The van der Waals surface area contributed by atoms with Crippen LogP contribution in [0.5, 0.6) is 0 Å². The zero-order chi connectivity index (χ0) is 15.4. The van der Waals surface area contributed by atoms with Crippen LogP contribution < -0.4 is 0 Å². The molecule has 5 heteroatoms. The molecule has 1 heterocycles. The monoisotopic (exact) mass is 307 g/mol.